The highest BCUT2D eigenvalue weighted by molar-refractivity contribution is 7.21. The van der Waals surface area contributed by atoms with Gasteiger partial charge < -0.3 is 22.0 Å². The molecule has 3 amide bonds. The van der Waals surface area contributed by atoms with Crippen LogP contribution < -0.4 is 22.5 Å². The fraction of sp³-hybridized carbons (Fsp3) is 0.346. The predicted molar refractivity (Wildman–Crippen MR) is 129 cm³/mol. The second-order valence-corrected chi connectivity index (χ2v) is 10.4. The number of imide groups is 1. The summed E-state index contributed by atoms with van der Waals surface area (Å²) in [6, 6.07) is 13.6. The number of fused-ring (bicyclic) bond motifs is 6. The maximum absolute atomic E-state index is 13.2. The molecule has 2 aliphatic heterocycles. The number of halogens is 1. The summed E-state index contributed by atoms with van der Waals surface area (Å²) in [6.07, 6.45) is 2.17. The van der Waals surface area contributed by atoms with Crippen LogP contribution in [0.4, 0.5) is 10.5 Å². The average Bonchev–Trinajstić information content (AvgIpc) is 3.44. The van der Waals surface area contributed by atoms with Crippen molar-refractivity contribution in [1.29, 1.82) is 5.26 Å². The lowest BCUT2D eigenvalue weighted by Crippen LogP contribution is -3.00. The number of rotatable bonds is 4. The zero-order chi connectivity index (χ0) is 23.4. The number of hydrogen-bond donors (Lipinski definition) is 1. The summed E-state index contributed by atoms with van der Waals surface area (Å²) < 4.78 is 6.45. The van der Waals surface area contributed by atoms with Crippen molar-refractivity contribution in [3.63, 3.8) is 0 Å². The zero-order valence-corrected chi connectivity index (χ0v) is 20.9. The van der Waals surface area contributed by atoms with E-state index in [1.54, 1.807) is 24.6 Å². The monoisotopic (exact) mass is 508 g/mol. The summed E-state index contributed by atoms with van der Waals surface area (Å²) in [7, 11) is 1.73. The number of benzene rings is 2. The van der Waals surface area contributed by atoms with Gasteiger partial charge in [-0.25, -0.2) is 15.0 Å². The molecule has 2 N–H and O–H groups in total. The SMILES string of the molecule is COc1cccc2c1CC[C@H]1CN(CCN3C(=O)[NH2+]c4c(sc5cc(C#N)ccc45)C3=O)C[C@@H]21.[Cl-]. The van der Waals surface area contributed by atoms with Crippen LogP contribution in [-0.2, 0) is 6.42 Å². The third-order valence-corrected chi connectivity index (χ3v) is 8.70. The van der Waals surface area contributed by atoms with Crippen LogP contribution >= 0.6 is 11.3 Å². The first-order valence-corrected chi connectivity index (χ1v) is 12.4. The molecule has 2 atom stereocenters. The molecule has 7 nitrogen and oxygen atoms in total. The number of hydrogen-bond acceptors (Lipinski definition) is 6. The van der Waals surface area contributed by atoms with Crippen LogP contribution in [0.15, 0.2) is 36.4 Å². The summed E-state index contributed by atoms with van der Waals surface area (Å²) in [4.78, 5) is 30.5. The molecule has 180 valence electrons. The van der Waals surface area contributed by atoms with Gasteiger partial charge in [0.05, 0.1) is 24.1 Å². The smallest absolute Gasteiger partial charge is 0.428 e. The number of urea groups is 1. The summed E-state index contributed by atoms with van der Waals surface area (Å²) in [5, 5.41) is 11.6. The molecule has 0 bridgehead atoms. The number of primary amides is 1. The molecule has 2 aromatic carbocycles. The molecule has 1 aromatic heterocycles. The molecule has 9 heteroatoms. The second-order valence-electron chi connectivity index (χ2n) is 9.30. The van der Waals surface area contributed by atoms with Crippen LogP contribution in [0.3, 0.4) is 0 Å². The van der Waals surface area contributed by atoms with Crippen molar-refractivity contribution in [2.24, 2.45) is 5.92 Å². The van der Waals surface area contributed by atoms with E-state index in [-0.39, 0.29) is 24.3 Å². The maximum atomic E-state index is 13.2. The van der Waals surface area contributed by atoms with E-state index >= 15 is 0 Å². The molecular formula is C26H25ClN4O3S. The minimum Gasteiger partial charge on any atom is -1.00 e. The molecule has 0 unspecified atom stereocenters. The van der Waals surface area contributed by atoms with Crippen LogP contribution in [0, 0.1) is 17.2 Å². The summed E-state index contributed by atoms with van der Waals surface area (Å²) in [6.45, 7) is 2.99. The summed E-state index contributed by atoms with van der Waals surface area (Å²) >= 11 is 1.36. The molecular weight excluding hydrogens is 484 g/mol. The van der Waals surface area contributed by atoms with Gasteiger partial charge in [0, 0.05) is 36.8 Å². The van der Waals surface area contributed by atoms with E-state index in [0.29, 0.717) is 41.1 Å². The fourth-order valence-corrected chi connectivity index (χ4v) is 7.04. The standard InChI is InChI=1S/C26H24N4O3S.ClH/c1-33-21-4-2-3-17-18(21)8-6-16-13-29(14-20(16)17)9-10-30-25(31)24-23(28-26(30)32)19-7-5-15(12-27)11-22(19)34-24;/h2-5,7,11,16,20H,6,8-10,13-14H2,1H3,(H,28,32);1H/t16-,20+;/m0./s1. The normalized spacial score (nSPS) is 21.2. The number of nitrogens with zero attached hydrogens (tertiary/aromatic N) is 3. The number of amides is 3. The van der Waals surface area contributed by atoms with Crippen molar-refractivity contribution in [3.8, 4) is 11.8 Å². The Balaban J connectivity index is 0.00000253. The van der Waals surface area contributed by atoms with Gasteiger partial charge in [0.25, 0.3) is 5.91 Å². The fourth-order valence-electron chi connectivity index (χ4n) is 5.87. The summed E-state index contributed by atoms with van der Waals surface area (Å²) in [5.41, 5.74) is 3.97. The van der Waals surface area contributed by atoms with Gasteiger partial charge in [-0.15, -0.1) is 11.3 Å². The van der Waals surface area contributed by atoms with E-state index in [4.69, 9.17) is 4.74 Å². The number of thiophene rings is 1. The zero-order valence-electron chi connectivity index (χ0n) is 19.3. The van der Waals surface area contributed by atoms with Gasteiger partial charge >= 0.3 is 6.03 Å². The van der Waals surface area contributed by atoms with E-state index in [0.717, 1.165) is 41.8 Å². The van der Waals surface area contributed by atoms with Crippen molar-refractivity contribution in [1.82, 2.24) is 9.80 Å². The van der Waals surface area contributed by atoms with Crippen molar-refractivity contribution in [3.05, 3.63) is 58.0 Å². The molecule has 3 heterocycles. The number of likely N-dealkylation sites (tertiary alicyclic amines) is 1. The number of quaternary nitrogens is 1. The highest BCUT2D eigenvalue weighted by Gasteiger charge is 2.41. The van der Waals surface area contributed by atoms with Crippen molar-refractivity contribution in [2.45, 2.75) is 18.8 Å². The molecule has 1 aliphatic carbocycles. The topological polar surface area (TPSA) is 90.2 Å². The largest absolute Gasteiger partial charge is 1.00 e. The van der Waals surface area contributed by atoms with Gasteiger partial charge in [0.15, 0.2) is 10.6 Å². The minimum absolute atomic E-state index is 0. The number of carbonyl (C=O) groups is 2. The lowest BCUT2D eigenvalue weighted by atomic mass is 9.77. The van der Waals surface area contributed by atoms with Gasteiger partial charge in [-0.2, -0.15) is 5.26 Å². The minimum atomic E-state index is -0.256. The van der Waals surface area contributed by atoms with Gasteiger partial charge in [-0.1, -0.05) is 12.1 Å². The maximum Gasteiger partial charge on any atom is 0.428 e. The van der Waals surface area contributed by atoms with Crippen molar-refractivity contribution < 1.29 is 32.0 Å². The van der Waals surface area contributed by atoms with Gasteiger partial charge in [-0.3, -0.25) is 4.79 Å². The highest BCUT2D eigenvalue weighted by Crippen LogP contribution is 2.44. The first-order valence-electron chi connectivity index (χ1n) is 11.6. The van der Waals surface area contributed by atoms with E-state index < -0.39 is 0 Å². The van der Waals surface area contributed by atoms with Crippen LogP contribution in [0.5, 0.6) is 5.75 Å². The average molecular weight is 509 g/mol. The Labute approximate surface area is 213 Å². The van der Waals surface area contributed by atoms with Gasteiger partial charge in [0.1, 0.15) is 5.75 Å². The molecule has 0 spiro atoms. The lowest BCUT2D eigenvalue weighted by molar-refractivity contribution is -0.471. The molecule has 0 radical (unpaired) electrons. The second kappa shape index (κ2) is 9.25. The third kappa shape index (κ3) is 3.89. The first kappa shape index (κ1) is 23.8. The molecule has 3 aliphatic rings. The molecule has 35 heavy (non-hydrogen) atoms. The Morgan fingerprint density at radius 3 is 2.86 bits per heavy atom. The molecule has 3 aromatic rings. The molecule has 0 saturated carbocycles. The number of ether oxygens (including phenoxy) is 1. The number of carbonyl (C=O) groups excluding carboxylic acids is 2. The van der Waals surface area contributed by atoms with Gasteiger partial charge in [-0.05, 0) is 54.2 Å². The van der Waals surface area contributed by atoms with Crippen LogP contribution in [0.2, 0.25) is 0 Å². The van der Waals surface area contributed by atoms with Gasteiger partial charge in [0.2, 0.25) is 0 Å². The Bertz CT molecular complexity index is 1380. The Morgan fingerprint density at radius 1 is 1.20 bits per heavy atom. The number of nitrogens with two attached hydrogens (primary N) is 1. The van der Waals surface area contributed by atoms with Crippen molar-refractivity contribution in [2.75, 3.05) is 33.3 Å². The predicted octanol–water partition coefficient (Wildman–Crippen LogP) is 0.218. The third-order valence-electron chi connectivity index (χ3n) is 7.54. The van der Waals surface area contributed by atoms with Crippen LogP contribution in [0.1, 0.15) is 38.7 Å². The number of methoxy groups -OCH3 is 1. The van der Waals surface area contributed by atoms with E-state index in [1.165, 1.54) is 27.4 Å². The van der Waals surface area contributed by atoms with Crippen LogP contribution in [0.25, 0.3) is 10.1 Å². The van der Waals surface area contributed by atoms with Crippen molar-refractivity contribution >= 4 is 39.0 Å². The van der Waals surface area contributed by atoms with E-state index in [2.05, 4.69) is 23.1 Å². The lowest BCUT2D eigenvalue weighted by Gasteiger charge is -2.28. The Hall–Kier alpha value is -2.96. The van der Waals surface area contributed by atoms with Crippen LogP contribution in [-0.4, -0.2) is 55.0 Å². The Kier molecular flexibility index (Phi) is 6.28. The molecule has 1 fully saturated rings. The van der Waals surface area contributed by atoms with E-state index in [1.807, 2.05) is 12.1 Å². The number of nitriles is 1. The summed E-state index contributed by atoms with van der Waals surface area (Å²) in [5.74, 6) is 1.83. The quantitative estimate of drug-likeness (QED) is 0.544. The first-order chi connectivity index (χ1) is 16.6. The van der Waals surface area contributed by atoms with E-state index in [9.17, 15) is 14.9 Å². The Morgan fingerprint density at radius 2 is 2.06 bits per heavy atom. The molecule has 1 saturated heterocycles. The highest BCUT2D eigenvalue weighted by atomic mass is 35.5. The molecule has 6 rings (SSSR count).